The number of rotatable bonds is 4. The highest BCUT2D eigenvalue weighted by Crippen LogP contribution is 2.34. The normalized spacial score (nSPS) is 12.0. The van der Waals surface area contributed by atoms with Gasteiger partial charge in [0, 0.05) is 0 Å². The summed E-state index contributed by atoms with van der Waals surface area (Å²) in [7, 11) is 0. The Balaban J connectivity index is 2.42. The maximum Gasteiger partial charge on any atom is 0.453 e. The molecular formula is C12H10ClF3N4O2S. The van der Waals surface area contributed by atoms with Gasteiger partial charge in [-0.2, -0.15) is 22.9 Å². The van der Waals surface area contributed by atoms with Gasteiger partial charge in [0.2, 0.25) is 4.77 Å². The van der Waals surface area contributed by atoms with E-state index in [-0.39, 0.29) is 27.9 Å². The van der Waals surface area contributed by atoms with Gasteiger partial charge in [-0.05, 0) is 36.8 Å². The Morgan fingerprint density at radius 3 is 2.83 bits per heavy atom. The molecule has 23 heavy (non-hydrogen) atoms. The maximum atomic E-state index is 12.8. The molecule has 0 aliphatic heterocycles. The summed E-state index contributed by atoms with van der Waals surface area (Å²) in [6.45, 7) is 1.98. The lowest BCUT2D eigenvalue weighted by molar-refractivity contribution is -0.147. The monoisotopic (exact) mass is 366 g/mol. The number of ether oxygens (including phenoxy) is 1. The summed E-state index contributed by atoms with van der Waals surface area (Å²) in [5, 5.41) is 18.5. The van der Waals surface area contributed by atoms with Crippen LogP contribution in [0.4, 0.5) is 13.2 Å². The third-order valence-electron chi connectivity index (χ3n) is 2.58. The summed E-state index contributed by atoms with van der Waals surface area (Å²) in [5.74, 6) is -1.46. The molecule has 0 spiro atoms. The second-order valence-corrected chi connectivity index (χ2v) is 4.98. The Kier molecular flexibility index (Phi) is 4.95. The molecule has 1 heterocycles. The fourth-order valence-electron chi connectivity index (χ4n) is 1.64. The quantitative estimate of drug-likeness (QED) is 0.640. The SMILES string of the molecule is CCOc1cc(/C=N\n2c(C(F)(F)F)n[nH]c2=S)cc(Cl)c1O. The van der Waals surface area contributed by atoms with Crippen molar-refractivity contribution in [1.29, 1.82) is 0 Å². The molecule has 0 bridgehead atoms. The molecule has 0 aliphatic carbocycles. The van der Waals surface area contributed by atoms with Crippen molar-refractivity contribution in [1.82, 2.24) is 14.9 Å². The lowest BCUT2D eigenvalue weighted by Crippen LogP contribution is -2.12. The topological polar surface area (TPSA) is 75.4 Å². The van der Waals surface area contributed by atoms with Gasteiger partial charge in [0.15, 0.2) is 11.5 Å². The summed E-state index contributed by atoms with van der Waals surface area (Å²) in [6, 6.07) is 2.70. The third-order valence-corrected chi connectivity index (χ3v) is 3.13. The molecule has 0 unspecified atom stereocenters. The average Bonchev–Trinajstić information content (AvgIpc) is 2.83. The van der Waals surface area contributed by atoms with Crippen molar-refractivity contribution in [2.24, 2.45) is 5.10 Å². The first-order valence-corrected chi connectivity index (χ1v) is 6.97. The van der Waals surface area contributed by atoms with Gasteiger partial charge in [-0.1, -0.05) is 11.6 Å². The second-order valence-electron chi connectivity index (χ2n) is 4.19. The zero-order valence-electron chi connectivity index (χ0n) is 11.6. The summed E-state index contributed by atoms with van der Waals surface area (Å²) in [5.41, 5.74) is 0.312. The molecule has 2 rings (SSSR count). The number of phenols is 1. The molecule has 11 heteroatoms. The van der Waals surface area contributed by atoms with Crippen LogP contribution in [0.25, 0.3) is 0 Å². The van der Waals surface area contributed by atoms with Crippen molar-refractivity contribution in [3.05, 3.63) is 33.3 Å². The zero-order valence-corrected chi connectivity index (χ0v) is 13.1. The van der Waals surface area contributed by atoms with E-state index in [0.717, 1.165) is 6.21 Å². The number of hydrogen-bond acceptors (Lipinski definition) is 5. The Morgan fingerprint density at radius 1 is 1.52 bits per heavy atom. The first kappa shape index (κ1) is 17.3. The highest BCUT2D eigenvalue weighted by molar-refractivity contribution is 7.71. The summed E-state index contributed by atoms with van der Waals surface area (Å²) in [6.07, 6.45) is -3.62. The second kappa shape index (κ2) is 6.59. The van der Waals surface area contributed by atoms with Crippen LogP contribution in [0.5, 0.6) is 11.5 Å². The number of alkyl halides is 3. The van der Waals surface area contributed by atoms with Gasteiger partial charge < -0.3 is 9.84 Å². The van der Waals surface area contributed by atoms with E-state index in [1.54, 1.807) is 6.92 Å². The maximum absolute atomic E-state index is 12.8. The Labute approximate surface area is 138 Å². The molecule has 0 radical (unpaired) electrons. The fraction of sp³-hybridized carbons (Fsp3) is 0.250. The van der Waals surface area contributed by atoms with E-state index in [1.165, 1.54) is 12.1 Å². The van der Waals surface area contributed by atoms with E-state index in [0.29, 0.717) is 10.2 Å². The summed E-state index contributed by atoms with van der Waals surface area (Å²) < 4.78 is 43.6. The minimum Gasteiger partial charge on any atom is -0.503 e. The van der Waals surface area contributed by atoms with Crippen molar-refractivity contribution < 1.29 is 23.0 Å². The summed E-state index contributed by atoms with van der Waals surface area (Å²) >= 11 is 10.5. The van der Waals surface area contributed by atoms with Crippen LogP contribution < -0.4 is 4.74 Å². The highest BCUT2D eigenvalue weighted by atomic mass is 35.5. The van der Waals surface area contributed by atoms with E-state index >= 15 is 0 Å². The van der Waals surface area contributed by atoms with Crippen LogP contribution in [0, 0.1) is 4.77 Å². The fourth-order valence-corrected chi connectivity index (χ4v) is 2.04. The number of nitrogens with one attached hydrogen (secondary N) is 1. The van der Waals surface area contributed by atoms with Crippen LogP contribution in [-0.2, 0) is 6.18 Å². The van der Waals surface area contributed by atoms with Gasteiger partial charge in [0.05, 0.1) is 17.8 Å². The van der Waals surface area contributed by atoms with Crippen LogP contribution in [-0.4, -0.2) is 32.8 Å². The molecule has 6 nitrogen and oxygen atoms in total. The molecule has 0 saturated heterocycles. The average molecular weight is 367 g/mol. The van der Waals surface area contributed by atoms with E-state index in [2.05, 4.69) is 10.2 Å². The minimum absolute atomic E-state index is 0.0239. The van der Waals surface area contributed by atoms with E-state index in [4.69, 9.17) is 28.6 Å². The number of aromatic nitrogens is 3. The van der Waals surface area contributed by atoms with Gasteiger partial charge in [0.1, 0.15) is 0 Å². The first-order valence-electron chi connectivity index (χ1n) is 6.18. The van der Waals surface area contributed by atoms with Crippen LogP contribution in [0.2, 0.25) is 5.02 Å². The smallest absolute Gasteiger partial charge is 0.453 e. The Bertz CT molecular complexity index is 801. The molecule has 2 N–H and O–H groups in total. The number of H-pyrrole nitrogens is 1. The number of nitrogens with zero attached hydrogens (tertiary/aromatic N) is 3. The molecule has 0 aliphatic rings. The van der Waals surface area contributed by atoms with E-state index in [9.17, 15) is 18.3 Å². The molecule has 0 saturated carbocycles. The zero-order chi connectivity index (χ0) is 17.2. The van der Waals surface area contributed by atoms with Crippen molar-refractivity contribution in [3.63, 3.8) is 0 Å². The Hall–Kier alpha value is -2.07. The number of halogens is 4. The first-order chi connectivity index (χ1) is 10.7. The number of hydrogen-bond donors (Lipinski definition) is 2. The highest BCUT2D eigenvalue weighted by Gasteiger charge is 2.37. The molecule has 1 aromatic heterocycles. The van der Waals surface area contributed by atoms with Gasteiger partial charge in [-0.25, -0.2) is 5.10 Å². The Morgan fingerprint density at radius 2 is 2.22 bits per heavy atom. The van der Waals surface area contributed by atoms with Crippen LogP contribution in [0.1, 0.15) is 18.3 Å². The van der Waals surface area contributed by atoms with Crippen molar-refractivity contribution in [3.8, 4) is 11.5 Å². The lowest BCUT2D eigenvalue weighted by atomic mass is 10.2. The largest absolute Gasteiger partial charge is 0.503 e. The predicted octanol–water partition coefficient (Wildman–Crippen LogP) is 3.60. The lowest BCUT2D eigenvalue weighted by Gasteiger charge is -2.08. The predicted molar refractivity (Wildman–Crippen MR) is 79.7 cm³/mol. The number of aromatic amines is 1. The van der Waals surface area contributed by atoms with E-state index < -0.39 is 12.0 Å². The molecular weight excluding hydrogens is 357 g/mol. The summed E-state index contributed by atoms with van der Waals surface area (Å²) in [4.78, 5) is 0. The van der Waals surface area contributed by atoms with Gasteiger partial charge >= 0.3 is 6.18 Å². The number of benzene rings is 1. The van der Waals surface area contributed by atoms with Crippen LogP contribution in [0.3, 0.4) is 0 Å². The van der Waals surface area contributed by atoms with Crippen molar-refractivity contribution in [2.75, 3.05) is 6.61 Å². The molecule has 0 amide bonds. The van der Waals surface area contributed by atoms with E-state index in [1.807, 2.05) is 5.10 Å². The molecule has 0 atom stereocenters. The minimum atomic E-state index is -4.71. The van der Waals surface area contributed by atoms with Gasteiger partial charge in [0.25, 0.3) is 5.82 Å². The molecule has 0 fully saturated rings. The van der Waals surface area contributed by atoms with Crippen LogP contribution in [0.15, 0.2) is 17.2 Å². The molecule has 2 aromatic rings. The number of aromatic hydroxyl groups is 1. The van der Waals surface area contributed by atoms with Crippen molar-refractivity contribution in [2.45, 2.75) is 13.1 Å². The van der Waals surface area contributed by atoms with Gasteiger partial charge in [-0.15, -0.1) is 5.10 Å². The molecule has 1 aromatic carbocycles. The standard InChI is InChI=1S/C12H10ClF3N4O2S/c1-2-22-8-4-6(3-7(13)9(8)21)5-17-20-10(12(14,15)16)18-19-11(20)23/h3-5,21H,2H2,1H3,(H,19,23)/b17-5-. The van der Waals surface area contributed by atoms with Crippen LogP contribution >= 0.6 is 23.8 Å². The number of phenolic OH excluding ortho intramolecular Hbond substituents is 1. The van der Waals surface area contributed by atoms with Crippen molar-refractivity contribution >= 4 is 30.0 Å². The van der Waals surface area contributed by atoms with Gasteiger partial charge in [-0.3, -0.25) is 0 Å². The molecule has 124 valence electrons. The third kappa shape index (κ3) is 3.82.